The Kier molecular flexibility index (Phi) is 7.08. The number of likely N-dealkylation sites (N-methyl/N-ethyl adjacent to an activating group) is 1. The van der Waals surface area contributed by atoms with E-state index in [1.54, 1.807) is 36.1 Å². The second-order valence-electron chi connectivity index (χ2n) is 4.55. The SMILES string of the molecule is CCOC(=O)C(=O)N[C@H](C(=O)N(CC)CC)c1ccccc1. The van der Waals surface area contributed by atoms with E-state index in [2.05, 4.69) is 10.1 Å². The summed E-state index contributed by atoms with van der Waals surface area (Å²) in [5.41, 5.74) is 0.622. The molecule has 0 bridgehead atoms. The third kappa shape index (κ3) is 4.58. The van der Waals surface area contributed by atoms with Crippen molar-refractivity contribution in [1.82, 2.24) is 10.2 Å². The highest BCUT2D eigenvalue weighted by molar-refractivity contribution is 6.32. The number of nitrogens with one attached hydrogen (secondary N) is 1. The summed E-state index contributed by atoms with van der Waals surface area (Å²) in [6.07, 6.45) is 0. The van der Waals surface area contributed by atoms with Crippen LogP contribution in [0.3, 0.4) is 0 Å². The van der Waals surface area contributed by atoms with Crippen LogP contribution < -0.4 is 5.32 Å². The molecular formula is C16H22N2O4. The molecule has 6 nitrogen and oxygen atoms in total. The van der Waals surface area contributed by atoms with Crippen LogP contribution in [0.5, 0.6) is 0 Å². The largest absolute Gasteiger partial charge is 0.459 e. The summed E-state index contributed by atoms with van der Waals surface area (Å²) >= 11 is 0. The van der Waals surface area contributed by atoms with Crippen molar-refractivity contribution in [3.63, 3.8) is 0 Å². The molecule has 0 heterocycles. The van der Waals surface area contributed by atoms with Crippen molar-refractivity contribution in [3.05, 3.63) is 35.9 Å². The van der Waals surface area contributed by atoms with Gasteiger partial charge in [0.05, 0.1) is 6.61 Å². The number of ether oxygens (including phenoxy) is 1. The lowest BCUT2D eigenvalue weighted by Crippen LogP contribution is -2.45. The lowest BCUT2D eigenvalue weighted by Gasteiger charge is -2.25. The van der Waals surface area contributed by atoms with Crippen molar-refractivity contribution in [2.75, 3.05) is 19.7 Å². The molecule has 22 heavy (non-hydrogen) atoms. The lowest BCUT2D eigenvalue weighted by atomic mass is 10.1. The highest BCUT2D eigenvalue weighted by Gasteiger charge is 2.28. The lowest BCUT2D eigenvalue weighted by molar-refractivity contribution is -0.155. The van der Waals surface area contributed by atoms with E-state index in [0.29, 0.717) is 18.7 Å². The summed E-state index contributed by atoms with van der Waals surface area (Å²) in [5.74, 6) is -2.17. The minimum Gasteiger partial charge on any atom is -0.459 e. The number of benzene rings is 1. The molecular weight excluding hydrogens is 284 g/mol. The summed E-state index contributed by atoms with van der Waals surface area (Å²) in [6, 6.07) is 7.92. The van der Waals surface area contributed by atoms with Gasteiger partial charge in [0.25, 0.3) is 0 Å². The number of amides is 2. The molecule has 0 unspecified atom stereocenters. The van der Waals surface area contributed by atoms with Gasteiger partial charge in [-0.3, -0.25) is 9.59 Å². The average molecular weight is 306 g/mol. The van der Waals surface area contributed by atoms with Crippen molar-refractivity contribution in [2.24, 2.45) is 0 Å². The molecule has 0 radical (unpaired) electrons. The second kappa shape index (κ2) is 8.81. The third-order valence-electron chi connectivity index (χ3n) is 3.19. The Bertz CT molecular complexity index is 512. The van der Waals surface area contributed by atoms with Crippen LogP contribution in [0.1, 0.15) is 32.4 Å². The summed E-state index contributed by atoms with van der Waals surface area (Å²) in [7, 11) is 0. The molecule has 0 aromatic heterocycles. The summed E-state index contributed by atoms with van der Waals surface area (Å²) in [4.78, 5) is 37.5. The van der Waals surface area contributed by atoms with Crippen molar-refractivity contribution >= 4 is 17.8 Å². The van der Waals surface area contributed by atoms with Gasteiger partial charge in [-0.05, 0) is 26.3 Å². The Morgan fingerprint density at radius 2 is 1.68 bits per heavy atom. The number of carbonyl (C=O) groups is 3. The Morgan fingerprint density at radius 1 is 1.09 bits per heavy atom. The van der Waals surface area contributed by atoms with E-state index in [9.17, 15) is 14.4 Å². The summed E-state index contributed by atoms with van der Waals surface area (Å²) < 4.78 is 4.66. The van der Waals surface area contributed by atoms with Crippen molar-refractivity contribution in [1.29, 1.82) is 0 Å². The quantitative estimate of drug-likeness (QED) is 0.634. The summed E-state index contributed by atoms with van der Waals surface area (Å²) in [6.45, 7) is 6.47. The first-order valence-corrected chi connectivity index (χ1v) is 7.36. The van der Waals surface area contributed by atoms with E-state index in [0.717, 1.165) is 0 Å². The molecule has 1 rings (SSSR count). The van der Waals surface area contributed by atoms with Gasteiger partial charge in [-0.15, -0.1) is 0 Å². The zero-order valence-electron chi connectivity index (χ0n) is 13.2. The first-order chi connectivity index (χ1) is 10.5. The van der Waals surface area contributed by atoms with Crippen LogP contribution in [-0.4, -0.2) is 42.4 Å². The fourth-order valence-electron chi connectivity index (χ4n) is 2.04. The number of hydrogen-bond donors (Lipinski definition) is 1. The predicted molar refractivity (Wildman–Crippen MR) is 81.9 cm³/mol. The smallest absolute Gasteiger partial charge is 0.396 e. The molecule has 0 saturated carbocycles. The topological polar surface area (TPSA) is 75.7 Å². The Balaban J connectivity index is 3.00. The maximum absolute atomic E-state index is 12.6. The van der Waals surface area contributed by atoms with E-state index in [-0.39, 0.29) is 12.5 Å². The van der Waals surface area contributed by atoms with Crippen LogP contribution in [-0.2, 0) is 19.1 Å². The Labute approximate surface area is 130 Å². The van der Waals surface area contributed by atoms with Gasteiger partial charge in [-0.1, -0.05) is 30.3 Å². The van der Waals surface area contributed by atoms with Gasteiger partial charge < -0.3 is 15.0 Å². The molecule has 0 aliphatic carbocycles. The van der Waals surface area contributed by atoms with Gasteiger partial charge in [-0.2, -0.15) is 0 Å². The first-order valence-electron chi connectivity index (χ1n) is 7.36. The van der Waals surface area contributed by atoms with Crippen LogP contribution >= 0.6 is 0 Å². The molecule has 1 atom stereocenters. The standard InChI is InChI=1S/C16H22N2O4/c1-4-18(5-2)15(20)13(12-10-8-7-9-11-12)17-14(19)16(21)22-6-3/h7-11,13H,4-6H2,1-3H3,(H,17,19)/t13-/m0/s1. The fraction of sp³-hybridized carbons (Fsp3) is 0.438. The van der Waals surface area contributed by atoms with Gasteiger partial charge in [0.2, 0.25) is 5.91 Å². The number of hydrogen-bond acceptors (Lipinski definition) is 4. The van der Waals surface area contributed by atoms with E-state index in [1.807, 2.05) is 19.9 Å². The molecule has 1 aromatic carbocycles. The number of esters is 1. The number of carbonyl (C=O) groups excluding carboxylic acids is 3. The van der Waals surface area contributed by atoms with Gasteiger partial charge in [0.15, 0.2) is 0 Å². The molecule has 0 aliphatic heterocycles. The van der Waals surface area contributed by atoms with Crippen LogP contribution in [0.15, 0.2) is 30.3 Å². The maximum atomic E-state index is 12.6. The third-order valence-corrected chi connectivity index (χ3v) is 3.19. The minimum atomic E-state index is -0.990. The molecule has 0 saturated heterocycles. The zero-order chi connectivity index (χ0) is 16.5. The molecule has 6 heteroatoms. The molecule has 1 aromatic rings. The first kappa shape index (κ1) is 17.7. The monoisotopic (exact) mass is 306 g/mol. The molecule has 1 N–H and O–H groups in total. The van der Waals surface area contributed by atoms with Crippen LogP contribution in [0.4, 0.5) is 0 Å². The van der Waals surface area contributed by atoms with E-state index in [1.165, 1.54) is 0 Å². The van der Waals surface area contributed by atoms with E-state index < -0.39 is 17.9 Å². The molecule has 0 spiro atoms. The zero-order valence-corrected chi connectivity index (χ0v) is 13.2. The van der Waals surface area contributed by atoms with E-state index in [4.69, 9.17) is 0 Å². The molecule has 0 aliphatic rings. The predicted octanol–water partition coefficient (Wildman–Crippen LogP) is 1.28. The number of rotatable bonds is 6. The molecule has 2 amide bonds. The van der Waals surface area contributed by atoms with Gasteiger partial charge in [-0.25, -0.2) is 4.79 Å². The highest BCUT2D eigenvalue weighted by atomic mass is 16.5. The van der Waals surface area contributed by atoms with Crippen LogP contribution in [0.25, 0.3) is 0 Å². The average Bonchev–Trinajstić information content (AvgIpc) is 2.54. The molecule has 120 valence electrons. The van der Waals surface area contributed by atoms with E-state index >= 15 is 0 Å². The summed E-state index contributed by atoms with van der Waals surface area (Å²) in [5, 5.41) is 2.46. The fourth-order valence-corrected chi connectivity index (χ4v) is 2.04. The van der Waals surface area contributed by atoms with Crippen LogP contribution in [0, 0.1) is 0 Å². The number of nitrogens with zero attached hydrogens (tertiary/aromatic N) is 1. The van der Waals surface area contributed by atoms with Crippen molar-refractivity contribution in [3.8, 4) is 0 Å². The van der Waals surface area contributed by atoms with Crippen molar-refractivity contribution in [2.45, 2.75) is 26.8 Å². The highest BCUT2D eigenvalue weighted by Crippen LogP contribution is 2.16. The normalized spacial score (nSPS) is 11.4. The Hall–Kier alpha value is -2.37. The minimum absolute atomic E-state index is 0.103. The second-order valence-corrected chi connectivity index (χ2v) is 4.55. The van der Waals surface area contributed by atoms with Gasteiger partial charge in [0, 0.05) is 13.1 Å². The van der Waals surface area contributed by atoms with Gasteiger partial charge in [0.1, 0.15) is 6.04 Å². The van der Waals surface area contributed by atoms with Crippen LogP contribution in [0.2, 0.25) is 0 Å². The van der Waals surface area contributed by atoms with Crippen molar-refractivity contribution < 1.29 is 19.1 Å². The Morgan fingerprint density at radius 3 is 2.18 bits per heavy atom. The van der Waals surface area contributed by atoms with Gasteiger partial charge >= 0.3 is 11.9 Å². The maximum Gasteiger partial charge on any atom is 0.396 e. The molecule has 0 fully saturated rings.